The molecule has 1 aliphatic rings. The standard InChI is InChI=1S/C15H19N3OS/c1-8(2)10-4-6-11(7-5-10)13-12(14(16)19)9(3)17-15(20)18-13/h4-8,13H,1-3H3,(H2,16,19)(H2,17,18,20)/t13-/m1/s1. The highest BCUT2D eigenvalue weighted by molar-refractivity contribution is 7.80. The van der Waals surface area contributed by atoms with Crippen LogP contribution in [-0.4, -0.2) is 11.0 Å². The summed E-state index contributed by atoms with van der Waals surface area (Å²) >= 11 is 5.16. The van der Waals surface area contributed by atoms with E-state index >= 15 is 0 Å². The van der Waals surface area contributed by atoms with E-state index in [0.29, 0.717) is 22.3 Å². The second-order valence-electron chi connectivity index (χ2n) is 5.26. The fourth-order valence-electron chi connectivity index (χ4n) is 2.34. The van der Waals surface area contributed by atoms with Crippen LogP contribution in [0.3, 0.4) is 0 Å². The summed E-state index contributed by atoms with van der Waals surface area (Å²) in [6.45, 7) is 6.10. The number of nitrogens with two attached hydrogens (primary N) is 1. The lowest BCUT2D eigenvalue weighted by atomic mass is 9.93. The number of primary amides is 1. The topological polar surface area (TPSA) is 67.2 Å². The largest absolute Gasteiger partial charge is 0.366 e. The van der Waals surface area contributed by atoms with Crippen molar-refractivity contribution in [2.24, 2.45) is 5.73 Å². The van der Waals surface area contributed by atoms with Crippen molar-refractivity contribution in [1.82, 2.24) is 10.6 Å². The van der Waals surface area contributed by atoms with Crippen LogP contribution >= 0.6 is 12.2 Å². The van der Waals surface area contributed by atoms with E-state index in [1.807, 2.05) is 19.1 Å². The van der Waals surface area contributed by atoms with Gasteiger partial charge in [-0.1, -0.05) is 38.1 Å². The Morgan fingerprint density at radius 3 is 2.40 bits per heavy atom. The van der Waals surface area contributed by atoms with Gasteiger partial charge in [0.05, 0.1) is 11.6 Å². The molecule has 0 bridgehead atoms. The number of carbonyl (C=O) groups is 1. The van der Waals surface area contributed by atoms with Crippen molar-refractivity contribution in [2.45, 2.75) is 32.7 Å². The number of allylic oxidation sites excluding steroid dienone is 1. The summed E-state index contributed by atoms with van der Waals surface area (Å²) < 4.78 is 0. The van der Waals surface area contributed by atoms with Gasteiger partial charge < -0.3 is 16.4 Å². The highest BCUT2D eigenvalue weighted by Crippen LogP contribution is 2.27. The minimum atomic E-state index is -0.442. The third kappa shape index (κ3) is 2.82. The molecule has 1 amide bonds. The molecule has 0 spiro atoms. The Morgan fingerprint density at radius 2 is 1.90 bits per heavy atom. The quantitative estimate of drug-likeness (QED) is 0.745. The Balaban J connectivity index is 2.41. The first-order chi connectivity index (χ1) is 9.40. The van der Waals surface area contributed by atoms with Gasteiger partial charge in [0.2, 0.25) is 5.91 Å². The summed E-state index contributed by atoms with van der Waals surface area (Å²) in [4.78, 5) is 11.7. The van der Waals surface area contributed by atoms with E-state index in [1.54, 1.807) is 0 Å². The van der Waals surface area contributed by atoms with Crippen molar-refractivity contribution in [3.05, 3.63) is 46.7 Å². The van der Waals surface area contributed by atoms with Crippen molar-refractivity contribution in [1.29, 1.82) is 0 Å². The SMILES string of the molecule is CC1=C(C(N)=O)[C@@H](c2ccc(C(C)C)cc2)NC(=S)N1. The second kappa shape index (κ2) is 5.63. The molecule has 1 heterocycles. The van der Waals surface area contributed by atoms with Crippen LogP contribution < -0.4 is 16.4 Å². The van der Waals surface area contributed by atoms with Gasteiger partial charge in [-0.2, -0.15) is 0 Å². The first kappa shape index (κ1) is 14.5. The molecule has 0 saturated carbocycles. The van der Waals surface area contributed by atoms with E-state index in [2.05, 4.69) is 36.6 Å². The van der Waals surface area contributed by atoms with Crippen LogP contribution in [0, 0.1) is 0 Å². The minimum absolute atomic E-state index is 0.289. The van der Waals surface area contributed by atoms with Crippen LogP contribution in [0.4, 0.5) is 0 Å². The molecule has 0 saturated heterocycles. The van der Waals surface area contributed by atoms with E-state index < -0.39 is 5.91 Å². The normalized spacial score (nSPS) is 18.8. The maximum atomic E-state index is 11.7. The first-order valence-corrected chi connectivity index (χ1v) is 6.99. The van der Waals surface area contributed by atoms with Gasteiger partial charge in [-0.05, 0) is 36.2 Å². The smallest absolute Gasteiger partial charge is 0.248 e. The number of amides is 1. The van der Waals surface area contributed by atoms with Crippen molar-refractivity contribution in [3.8, 4) is 0 Å². The predicted molar refractivity (Wildman–Crippen MR) is 84.0 cm³/mol. The van der Waals surface area contributed by atoms with Crippen molar-refractivity contribution in [2.75, 3.05) is 0 Å². The van der Waals surface area contributed by atoms with Gasteiger partial charge in [0.1, 0.15) is 0 Å². The molecule has 2 rings (SSSR count). The van der Waals surface area contributed by atoms with Gasteiger partial charge in [0.25, 0.3) is 0 Å². The Hall–Kier alpha value is -1.88. The van der Waals surface area contributed by atoms with Crippen molar-refractivity contribution < 1.29 is 4.79 Å². The molecule has 0 radical (unpaired) electrons. The first-order valence-electron chi connectivity index (χ1n) is 6.58. The Morgan fingerprint density at radius 1 is 1.30 bits per heavy atom. The van der Waals surface area contributed by atoms with Gasteiger partial charge in [-0.15, -0.1) is 0 Å². The second-order valence-corrected chi connectivity index (χ2v) is 5.66. The highest BCUT2D eigenvalue weighted by atomic mass is 32.1. The van der Waals surface area contributed by atoms with Gasteiger partial charge in [0, 0.05) is 5.70 Å². The molecule has 4 N–H and O–H groups in total. The number of rotatable bonds is 3. The van der Waals surface area contributed by atoms with Crippen LogP contribution in [-0.2, 0) is 4.79 Å². The lowest BCUT2D eigenvalue weighted by Crippen LogP contribution is -2.46. The van der Waals surface area contributed by atoms with Gasteiger partial charge in [0.15, 0.2) is 5.11 Å². The van der Waals surface area contributed by atoms with Crippen molar-refractivity contribution in [3.63, 3.8) is 0 Å². The maximum Gasteiger partial charge on any atom is 0.248 e. The summed E-state index contributed by atoms with van der Waals surface area (Å²) in [5, 5.41) is 6.55. The molecule has 20 heavy (non-hydrogen) atoms. The molecular weight excluding hydrogens is 270 g/mol. The molecule has 1 aliphatic heterocycles. The number of hydrogen-bond donors (Lipinski definition) is 3. The van der Waals surface area contributed by atoms with Gasteiger partial charge in [-0.25, -0.2) is 0 Å². The number of nitrogens with one attached hydrogen (secondary N) is 2. The number of benzene rings is 1. The molecule has 0 unspecified atom stereocenters. The van der Waals surface area contributed by atoms with E-state index in [0.717, 1.165) is 5.56 Å². The van der Waals surface area contributed by atoms with E-state index in [9.17, 15) is 4.79 Å². The summed E-state index contributed by atoms with van der Waals surface area (Å²) in [5.41, 5.74) is 8.95. The number of thiocarbonyl (C=S) groups is 1. The summed E-state index contributed by atoms with van der Waals surface area (Å²) in [6.07, 6.45) is 0. The predicted octanol–water partition coefficient (Wildman–Crippen LogP) is 2.09. The van der Waals surface area contributed by atoms with Crippen LogP contribution in [0.15, 0.2) is 35.5 Å². The lowest BCUT2D eigenvalue weighted by Gasteiger charge is -2.29. The Bertz CT molecular complexity index is 575. The molecule has 0 aliphatic carbocycles. The molecule has 106 valence electrons. The molecule has 1 atom stereocenters. The van der Waals surface area contributed by atoms with Gasteiger partial charge in [-0.3, -0.25) is 4.79 Å². The zero-order valence-electron chi connectivity index (χ0n) is 11.9. The van der Waals surface area contributed by atoms with E-state index in [4.69, 9.17) is 18.0 Å². The summed E-state index contributed by atoms with van der Waals surface area (Å²) in [7, 11) is 0. The van der Waals surface area contributed by atoms with E-state index in [1.165, 1.54) is 5.56 Å². The Kier molecular flexibility index (Phi) is 4.09. The van der Waals surface area contributed by atoms with Gasteiger partial charge >= 0.3 is 0 Å². The fourth-order valence-corrected chi connectivity index (χ4v) is 2.61. The van der Waals surface area contributed by atoms with Crippen LogP contribution in [0.1, 0.15) is 43.9 Å². The summed E-state index contributed by atoms with van der Waals surface area (Å²) in [6, 6.07) is 7.87. The van der Waals surface area contributed by atoms with Crippen LogP contribution in [0.25, 0.3) is 0 Å². The zero-order chi connectivity index (χ0) is 14.9. The lowest BCUT2D eigenvalue weighted by molar-refractivity contribution is -0.115. The number of carbonyl (C=O) groups excluding carboxylic acids is 1. The molecule has 1 aromatic rings. The molecule has 0 fully saturated rings. The highest BCUT2D eigenvalue weighted by Gasteiger charge is 2.28. The molecule has 4 nitrogen and oxygen atoms in total. The maximum absolute atomic E-state index is 11.7. The third-order valence-electron chi connectivity index (χ3n) is 3.47. The minimum Gasteiger partial charge on any atom is -0.366 e. The fraction of sp³-hybridized carbons (Fsp3) is 0.333. The summed E-state index contributed by atoms with van der Waals surface area (Å²) in [5.74, 6) is 0.0296. The van der Waals surface area contributed by atoms with Crippen molar-refractivity contribution >= 4 is 23.2 Å². The third-order valence-corrected chi connectivity index (χ3v) is 3.69. The molecular formula is C15H19N3OS. The molecule has 0 aromatic heterocycles. The molecule has 1 aromatic carbocycles. The Labute approximate surface area is 124 Å². The monoisotopic (exact) mass is 289 g/mol. The van der Waals surface area contributed by atoms with Crippen LogP contribution in [0.2, 0.25) is 0 Å². The average Bonchev–Trinajstić information content (AvgIpc) is 2.37. The number of hydrogen-bond acceptors (Lipinski definition) is 2. The average molecular weight is 289 g/mol. The molecule has 5 heteroatoms. The van der Waals surface area contributed by atoms with E-state index in [-0.39, 0.29) is 6.04 Å². The zero-order valence-corrected chi connectivity index (χ0v) is 12.7. The van der Waals surface area contributed by atoms with Crippen LogP contribution in [0.5, 0.6) is 0 Å².